The third kappa shape index (κ3) is 6.74. The van der Waals surface area contributed by atoms with E-state index in [1.807, 2.05) is 0 Å². The van der Waals surface area contributed by atoms with Crippen LogP contribution in [0.5, 0.6) is 0 Å². The van der Waals surface area contributed by atoms with Gasteiger partial charge in [0.25, 0.3) is 5.92 Å². The second-order valence-electron chi connectivity index (χ2n) is 10.3. The first-order valence-corrected chi connectivity index (χ1v) is 15.9. The highest BCUT2D eigenvalue weighted by atomic mass is 35.5. The van der Waals surface area contributed by atoms with E-state index in [0.29, 0.717) is 28.8 Å². The van der Waals surface area contributed by atoms with Gasteiger partial charge >= 0.3 is 0 Å². The molecule has 4 rings (SSSR count). The van der Waals surface area contributed by atoms with E-state index in [1.54, 1.807) is 42.7 Å². The first kappa shape index (κ1) is 26.4. The Kier molecular flexibility index (Phi) is 7.87. The number of nitrogens with zero attached hydrogens (tertiary/aromatic N) is 5. The molecule has 192 valence electrons. The molecule has 4 heterocycles. The van der Waals surface area contributed by atoms with Gasteiger partial charge < -0.3 is 4.74 Å². The predicted octanol–water partition coefficient (Wildman–Crippen LogP) is 5.54. The van der Waals surface area contributed by atoms with Crippen molar-refractivity contribution >= 4 is 31.4 Å². The molecule has 0 radical (unpaired) electrons. The number of carbonyl (C=O) groups excluding carboxylic acids is 1. The van der Waals surface area contributed by atoms with Crippen LogP contribution >= 0.6 is 11.6 Å². The quantitative estimate of drug-likeness (QED) is 0.205. The second kappa shape index (κ2) is 10.7. The smallest absolute Gasteiger partial charge is 0.266 e. The lowest BCUT2D eigenvalue weighted by Gasteiger charge is -2.37. The molecule has 1 saturated heterocycles. The number of rotatable bonds is 9. The summed E-state index contributed by atoms with van der Waals surface area (Å²) in [6.45, 7) is 6.64. The summed E-state index contributed by atoms with van der Waals surface area (Å²) in [7, 11) is -1.31. The van der Waals surface area contributed by atoms with Crippen molar-refractivity contribution in [1.29, 1.82) is 0 Å². The third-order valence-corrected chi connectivity index (χ3v) is 7.97. The third-order valence-electron chi connectivity index (χ3n) is 6.04. The van der Waals surface area contributed by atoms with Crippen LogP contribution in [-0.2, 0) is 22.7 Å². The molecule has 0 aromatic carbocycles. The van der Waals surface area contributed by atoms with Gasteiger partial charge in [-0.05, 0) is 36.2 Å². The largest absolute Gasteiger partial charge is 0.359 e. The molecule has 0 saturated carbocycles. The van der Waals surface area contributed by atoms with Crippen LogP contribution in [0.1, 0.15) is 12.0 Å². The Balaban J connectivity index is 1.62. The molecule has 1 aliphatic rings. The predicted molar refractivity (Wildman–Crippen MR) is 138 cm³/mol. The lowest BCUT2D eigenvalue weighted by atomic mass is 9.89. The monoisotopic (exact) mass is 533 g/mol. The molecule has 1 atom stereocenters. The van der Waals surface area contributed by atoms with Crippen molar-refractivity contribution in [2.75, 3.05) is 18.1 Å². The van der Waals surface area contributed by atoms with Crippen molar-refractivity contribution in [3.63, 3.8) is 0 Å². The number of pyridine rings is 2. The van der Waals surface area contributed by atoms with E-state index in [4.69, 9.17) is 16.3 Å². The maximum Gasteiger partial charge on any atom is 0.266 e. The van der Waals surface area contributed by atoms with Crippen LogP contribution in [0, 0.1) is 5.92 Å². The number of hydrogen-bond donors (Lipinski definition) is 0. The standard InChI is InChI=1S/C25H30ClF2N5O2Si/c1-36(2,3)11-10-35-17-33-23(13-21(31-33)19-6-8-29-9-7-19)32-16-25(27,28)14-20(24(32)34)12-18-4-5-22(26)30-15-18/h4-9,13,15,20H,10-12,14,16-17H2,1-3H3. The van der Waals surface area contributed by atoms with Crippen molar-refractivity contribution in [3.8, 4) is 11.3 Å². The number of halogens is 3. The summed E-state index contributed by atoms with van der Waals surface area (Å²) < 4.78 is 37.2. The van der Waals surface area contributed by atoms with Crippen molar-refractivity contribution in [2.24, 2.45) is 5.92 Å². The molecule has 7 nitrogen and oxygen atoms in total. The minimum absolute atomic E-state index is 0.0615. The Bertz CT molecular complexity index is 1190. The van der Waals surface area contributed by atoms with E-state index in [0.717, 1.165) is 16.5 Å². The number of anilines is 1. The number of hydrogen-bond acceptors (Lipinski definition) is 5. The van der Waals surface area contributed by atoms with Crippen LogP contribution in [0.3, 0.4) is 0 Å². The second-order valence-corrected chi connectivity index (χ2v) is 16.4. The zero-order valence-corrected chi connectivity index (χ0v) is 22.4. The Morgan fingerprint density at radius 3 is 2.61 bits per heavy atom. The number of amides is 1. The van der Waals surface area contributed by atoms with Crippen LogP contribution in [0.25, 0.3) is 11.3 Å². The molecule has 1 unspecified atom stereocenters. The van der Waals surface area contributed by atoms with Crippen molar-refractivity contribution in [1.82, 2.24) is 19.7 Å². The van der Waals surface area contributed by atoms with Gasteiger partial charge in [-0.2, -0.15) is 5.10 Å². The fraction of sp³-hybridized carbons (Fsp3) is 0.440. The van der Waals surface area contributed by atoms with E-state index in [1.165, 1.54) is 10.9 Å². The zero-order valence-electron chi connectivity index (χ0n) is 20.6. The highest BCUT2D eigenvalue weighted by Gasteiger charge is 2.46. The molecule has 1 amide bonds. The van der Waals surface area contributed by atoms with E-state index >= 15 is 0 Å². The van der Waals surface area contributed by atoms with Gasteiger partial charge in [0.15, 0.2) is 0 Å². The number of piperidine rings is 1. The average molecular weight is 534 g/mol. The van der Waals surface area contributed by atoms with E-state index in [2.05, 4.69) is 34.7 Å². The van der Waals surface area contributed by atoms with Crippen LogP contribution in [0.4, 0.5) is 14.6 Å². The summed E-state index contributed by atoms with van der Waals surface area (Å²) in [5, 5.41) is 4.91. The van der Waals surface area contributed by atoms with Gasteiger partial charge in [0.2, 0.25) is 5.91 Å². The van der Waals surface area contributed by atoms with Gasteiger partial charge in [0.05, 0.1) is 12.2 Å². The normalized spacial score (nSPS) is 18.0. The molecular formula is C25H30ClF2N5O2Si. The Morgan fingerprint density at radius 2 is 1.94 bits per heavy atom. The Morgan fingerprint density at radius 1 is 1.19 bits per heavy atom. The number of aromatic nitrogens is 4. The molecule has 1 aliphatic heterocycles. The first-order chi connectivity index (χ1) is 17.0. The average Bonchev–Trinajstić information content (AvgIpc) is 3.24. The molecule has 3 aromatic heterocycles. The topological polar surface area (TPSA) is 73.1 Å². The van der Waals surface area contributed by atoms with Crippen molar-refractivity contribution < 1.29 is 18.3 Å². The van der Waals surface area contributed by atoms with Crippen molar-refractivity contribution in [2.45, 2.75) is 51.2 Å². The summed E-state index contributed by atoms with van der Waals surface area (Å²) >= 11 is 5.85. The summed E-state index contributed by atoms with van der Waals surface area (Å²) in [6.07, 6.45) is 4.41. The van der Waals surface area contributed by atoms with Crippen LogP contribution in [-0.4, -0.2) is 52.8 Å². The lowest BCUT2D eigenvalue weighted by Crippen LogP contribution is -2.52. The molecule has 0 spiro atoms. The van der Waals surface area contributed by atoms with E-state index < -0.39 is 32.9 Å². The molecule has 11 heteroatoms. The highest BCUT2D eigenvalue weighted by Crippen LogP contribution is 2.37. The fourth-order valence-electron chi connectivity index (χ4n) is 4.12. The molecule has 3 aromatic rings. The Labute approximate surface area is 215 Å². The van der Waals surface area contributed by atoms with Gasteiger partial charge in [-0.15, -0.1) is 0 Å². The van der Waals surface area contributed by atoms with Gasteiger partial charge in [-0.25, -0.2) is 18.4 Å². The van der Waals surface area contributed by atoms with Gasteiger partial charge in [0.1, 0.15) is 17.7 Å². The van der Waals surface area contributed by atoms with E-state index in [9.17, 15) is 13.6 Å². The summed E-state index contributed by atoms with van der Waals surface area (Å²) in [5.74, 6) is -4.04. The van der Waals surface area contributed by atoms with Gasteiger partial charge in [-0.3, -0.25) is 14.7 Å². The molecule has 0 aliphatic carbocycles. The Hall–Kier alpha value is -2.69. The van der Waals surface area contributed by atoms with Gasteiger partial charge in [-0.1, -0.05) is 37.3 Å². The summed E-state index contributed by atoms with van der Waals surface area (Å²) in [4.78, 5) is 22.7. The molecule has 36 heavy (non-hydrogen) atoms. The SMILES string of the molecule is C[Si](C)(C)CCOCn1nc(-c2ccncc2)cc1N1CC(F)(F)CC(Cc2ccc(Cl)nc2)C1=O. The van der Waals surface area contributed by atoms with E-state index in [-0.39, 0.29) is 19.1 Å². The highest BCUT2D eigenvalue weighted by molar-refractivity contribution is 6.76. The van der Waals surface area contributed by atoms with Crippen LogP contribution in [0.2, 0.25) is 30.8 Å². The van der Waals surface area contributed by atoms with Crippen molar-refractivity contribution in [3.05, 3.63) is 59.6 Å². The fourth-order valence-corrected chi connectivity index (χ4v) is 4.99. The molecular weight excluding hydrogens is 504 g/mol. The maximum atomic E-state index is 14.9. The lowest BCUT2D eigenvalue weighted by molar-refractivity contribution is -0.132. The number of alkyl halides is 2. The van der Waals surface area contributed by atoms with Crippen LogP contribution < -0.4 is 4.90 Å². The number of carbonyl (C=O) groups is 1. The van der Waals surface area contributed by atoms with Crippen LogP contribution in [0.15, 0.2) is 48.9 Å². The molecule has 1 fully saturated rings. The summed E-state index contributed by atoms with van der Waals surface area (Å²) in [5.41, 5.74) is 2.00. The van der Waals surface area contributed by atoms with Gasteiger partial charge in [0, 0.05) is 57.2 Å². The minimum Gasteiger partial charge on any atom is -0.359 e. The maximum absolute atomic E-state index is 14.9. The zero-order chi connectivity index (χ0) is 25.9. The summed E-state index contributed by atoms with van der Waals surface area (Å²) in [6, 6.07) is 9.49. The molecule has 0 N–H and O–H groups in total. The molecule has 0 bridgehead atoms. The minimum atomic E-state index is -3.05. The first-order valence-electron chi connectivity index (χ1n) is 11.9. The number of ether oxygens (including phenoxy) is 1.